The van der Waals surface area contributed by atoms with Crippen LogP contribution in [0.15, 0.2) is 47.6 Å². The Morgan fingerprint density at radius 3 is 2.43 bits per heavy atom. The molecule has 2 aromatic rings. The zero-order valence-electron chi connectivity index (χ0n) is 19.6. The van der Waals surface area contributed by atoms with Crippen LogP contribution in [0.5, 0.6) is 0 Å². The molecule has 0 radical (unpaired) electrons. The van der Waals surface area contributed by atoms with Crippen LogP contribution in [-0.4, -0.2) is 78.9 Å². The molecule has 35 heavy (non-hydrogen) atoms. The van der Waals surface area contributed by atoms with Gasteiger partial charge >= 0.3 is 12.1 Å². The number of amides is 1. The number of halogens is 3. The Bertz CT molecular complexity index is 1150. The maximum absolute atomic E-state index is 13.6. The van der Waals surface area contributed by atoms with Crippen molar-refractivity contribution < 1.29 is 31.1 Å². The van der Waals surface area contributed by atoms with Crippen molar-refractivity contribution in [2.45, 2.75) is 42.3 Å². The normalized spacial score (nSPS) is 22.7. The first-order valence-corrected chi connectivity index (χ1v) is 12.8. The zero-order chi connectivity index (χ0) is 25.4. The first kappa shape index (κ1) is 25.6. The monoisotopic (exact) mass is 514 g/mol. The van der Waals surface area contributed by atoms with E-state index >= 15 is 0 Å². The third kappa shape index (κ3) is 5.39. The molecule has 2 fully saturated rings. The average molecular weight is 515 g/mol. The number of rotatable bonds is 8. The van der Waals surface area contributed by atoms with E-state index in [-0.39, 0.29) is 49.9 Å². The molecule has 4 rings (SSSR count). The van der Waals surface area contributed by atoms with Crippen LogP contribution >= 0.6 is 0 Å². The van der Waals surface area contributed by atoms with Crippen molar-refractivity contribution >= 4 is 15.9 Å². The molecule has 1 aromatic carbocycles. The number of ether oxygens (including phenoxy) is 1. The molecule has 8 nitrogen and oxygen atoms in total. The predicted molar refractivity (Wildman–Crippen MR) is 121 cm³/mol. The minimum absolute atomic E-state index is 0.0665. The van der Waals surface area contributed by atoms with E-state index in [9.17, 15) is 26.4 Å². The summed E-state index contributed by atoms with van der Waals surface area (Å²) in [6.45, 7) is 0.203. The van der Waals surface area contributed by atoms with Gasteiger partial charge in [0.15, 0.2) is 0 Å². The highest BCUT2D eigenvalue weighted by Gasteiger charge is 2.54. The standard InChI is InChI=1S/C23H29F3N4O4S/c1-28-14-18(13-27-28)35(32,33)29-10-8-22(9-11-29,16-34-2)15-30(21(31)23(24,25)26)20-12-19(20)17-6-4-3-5-7-17/h3-7,13-14,19-20H,8-12,15-16H2,1-2H3/t19-,20+/m0/s1. The van der Waals surface area contributed by atoms with Gasteiger partial charge in [0.05, 0.1) is 12.8 Å². The fraction of sp³-hybridized carbons (Fsp3) is 0.565. The Labute approximate surface area is 202 Å². The third-order valence-corrected chi connectivity index (χ3v) is 8.80. The number of methoxy groups -OCH3 is 1. The fourth-order valence-corrected chi connectivity index (χ4v) is 6.41. The first-order chi connectivity index (χ1) is 16.5. The van der Waals surface area contributed by atoms with E-state index in [1.54, 1.807) is 7.05 Å². The average Bonchev–Trinajstić information content (AvgIpc) is 3.49. The first-order valence-electron chi connectivity index (χ1n) is 11.4. The van der Waals surface area contributed by atoms with E-state index in [0.717, 1.165) is 10.5 Å². The smallest absolute Gasteiger partial charge is 0.384 e. The van der Waals surface area contributed by atoms with Gasteiger partial charge in [-0.25, -0.2) is 8.42 Å². The zero-order valence-corrected chi connectivity index (χ0v) is 20.4. The number of nitrogens with zero attached hydrogens (tertiary/aromatic N) is 4. The Morgan fingerprint density at radius 1 is 1.23 bits per heavy atom. The maximum Gasteiger partial charge on any atom is 0.471 e. The van der Waals surface area contributed by atoms with Gasteiger partial charge in [0.2, 0.25) is 10.0 Å². The van der Waals surface area contributed by atoms with Crippen molar-refractivity contribution in [3.05, 3.63) is 48.3 Å². The van der Waals surface area contributed by atoms with E-state index in [1.165, 1.54) is 28.5 Å². The van der Waals surface area contributed by atoms with Gasteiger partial charge in [0, 0.05) is 57.4 Å². The molecule has 2 heterocycles. The second kappa shape index (κ2) is 9.55. The van der Waals surface area contributed by atoms with Crippen molar-refractivity contribution in [2.24, 2.45) is 12.5 Å². The minimum Gasteiger partial charge on any atom is -0.384 e. The molecular formula is C23H29F3N4O4S. The number of aryl methyl sites for hydroxylation is 1. The third-order valence-electron chi connectivity index (χ3n) is 6.95. The van der Waals surface area contributed by atoms with E-state index in [1.807, 2.05) is 30.3 Å². The summed E-state index contributed by atoms with van der Waals surface area (Å²) in [4.78, 5) is 13.5. The summed E-state index contributed by atoms with van der Waals surface area (Å²) in [5.41, 5.74) is 0.108. The molecule has 12 heteroatoms. The lowest BCUT2D eigenvalue weighted by Gasteiger charge is -2.43. The molecule has 2 atom stereocenters. The molecule has 0 spiro atoms. The summed E-state index contributed by atoms with van der Waals surface area (Å²) in [6.07, 6.45) is -1.33. The van der Waals surface area contributed by atoms with Gasteiger partial charge in [-0.05, 0) is 24.8 Å². The van der Waals surface area contributed by atoms with Crippen molar-refractivity contribution in [3.63, 3.8) is 0 Å². The highest BCUT2D eigenvalue weighted by molar-refractivity contribution is 7.89. The van der Waals surface area contributed by atoms with E-state index in [0.29, 0.717) is 6.42 Å². The van der Waals surface area contributed by atoms with Crippen LogP contribution in [0.25, 0.3) is 0 Å². The van der Waals surface area contributed by atoms with Crippen molar-refractivity contribution in [2.75, 3.05) is 33.4 Å². The number of piperidine rings is 1. The Balaban J connectivity index is 1.53. The van der Waals surface area contributed by atoms with Crippen LogP contribution in [0.3, 0.4) is 0 Å². The van der Waals surface area contributed by atoms with Crippen LogP contribution < -0.4 is 0 Å². The fourth-order valence-electron chi connectivity index (χ4n) is 4.98. The van der Waals surface area contributed by atoms with E-state index in [4.69, 9.17) is 4.74 Å². The highest BCUT2D eigenvalue weighted by atomic mass is 32.2. The lowest BCUT2D eigenvalue weighted by Crippen LogP contribution is -2.53. The van der Waals surface area contributed by atoms with Crippen LogP contribution in [0, 0.1) is 5.41 Å². The topological polar surface area (TPSA) is 84.7 Å². The molecule has 1 amide bonds. The summed E-state index contributed by atoms with van der Waals surface area (Å²) in [6, 6.07) is 8.64. The Hall–Kier alpha value is -2.44. The summed E-state index contributed by atoms with van der Waals surface area (Å²) in [7, 11) is -0.699. The van der Waals surface area contributed by atoms with Crippen molar-refractivity contribution in [3.8, 4) is 0 Å². The van der Waals surface area contributed by atoms with E-state index < -0.39 is 33.6 Å². The van der Waals surface area contributed by atoms with Crippen LogP contribution in [0.1, 0.15) is 30.7 Å². The van der Waals surface area contributed by atoms with Crippen LogP contribution in [-0.2, 0) is 26.6 Å². The number of benzene rings is 1. The molecule has 1 saturated heterocycles. The molecule has 0 N–H and O–H groups in total. The van der Waals surface area contributed by atoms with Gasteiger partial charge in [-0.2, -0.15) is 22.6 Å². The lowest BCUT2D eigenvalue weighted by atomic mass is 9.79. The number of hydrogen-bond donors (Lipinski definition) is 0. The van der Waals surface area contributed by atoms with Gasteiger partial charge in [0.25, 0.3) is 0 Å². The predicted octanol–water partition coefficient (Wildman–Crippen LogP) is 2.78. The molecule has 0 bridgehead atoms. The Morgan fingerprint density at radius 2 is 1.89 bits per heavy atom. The SMILES string of the molecule is COCC1(CN(C(=O)C(F)(F)F)[C@@H]2C[C@H]2c2ccccc2)CCN(S(=O)(=O)c2cnn(C)c2)CC1. The van der Waals surface area contributed by atoms with Crippen LogP contribution in [0.2, 0.25) is 0 Å². The van der Waals surface area contributed by atoms with Gasteiger partial charge in [0.1, 0.15) is 4.90 Å². The van der Waals surface area contributed by atoms with Gasteiger partial charge in [-0.1, -0.05) is 30.3 Å². The number of hydrogen-bond acceptors (Lipinski definition) is 5. The number of sulfonamides is 1. The quantitative estimate of drug-likeness (QED) is 0.541. The highest BCUT2D eigenvalue weighted by Crippen LogP contribution is 2.48. The lowest BCUT2D eigenvalue weighted by molar-refractivity contribution is -0.188. The molecule has 192 valence electrons. The molecule has 1 saturated carbocycles. The summed E-state index contributed by atoms with van der Waals surface area (Å²) in [5, 5.41) is 3.92. The molecule has 0 unspecified atom stereocenters. The van der Waals surface area contributed by atoms with Gasteiger partial charge in [-0.3, -0.25) is 9.48 Å². The number of carbonyl (C=O) groups excluding carboxylic acids is 1. The van der Waals surface area contributed by atoms with Crippen molar-refractivity contribution in [1.82, 2.24) is 19.0 Å². The number of aromatic nitrogens is 2. The van der Waals surface area contributed by atoms with Crippen LogP contribution in [0.4, 0.5) is 13.2 Å². The molecular weight excluding hydrogens is 485 g/mol. The van der Waals surface area contributed by atoms with Gasteiger partial charge in [-0.15, -0.1) is 0 Å². The summed E-state index contributed by atoms with van der Waals surface area (Å²) in [5.74, 6) is -2.02. The summed E-state index contributed by atoms with van der Waals surface area (Å²) < 4.78 is 74.8. The van der Waals surface area contributed by atoms with Crippen molar-refractivity contribution in [1.29, 1.82) is 0 Å². The largest absolute Gasteiger partial charge is 0.471 e. The molecule has 2 aliphatic rings. The summed E-state index contributed by atoms with van der Waals surface area (Å²) >= 11 is 0. The van der Waals surface area contributed by atoms with E-state index in [2.05, 4.69) is 5.10 Å². The number of alkyl halides is 3. The minimum atomic E-state index is -5.00. The Kier molecular flexibility index (Phi) is 7.00. The maximum atomic E-state index is 13.6. The molecule has 1 aliphatic heterocycles. The van der Waals surface area contributed by atoms with Gasteiger partial charge < -0.3 is 9.64 Å². The second-order valence-electron chi connectivity index (χ2n) is 9.44. The molecule has 1 aromatic heterocycles. The number of carbonyl (C=O) groups is 1. The second-order valence-corrected chi connectivity index (χ2v) is 11.4. The molecule has 1 aliphatic carbocycles.